The Hall–Kier alpha value is -2.34. The van der Waals surface area contributed by atoms with Crippen LogP contribution in [0.3, 0.4) is 0 Å². The van der Waals surface area contributed by atoms with Gasteiger partial charge < -0.3 is 4.90 Å². The number of rotatable bonds is 2. The number of benzene rings is 1. The van der Waals surface area contributed by atoms with Gasteiger partial charge in [-0.3, -0.25) is 9.20 Å². The second kappa shape index (κ2) is 6.43. The number of hydrogen-bond acceptors (Lipinski definition) is 4. The summed E-state index contributed by atoms with van der Waals surface area (Å²) in [5, 5.41) is 8.70. The topological polar surface area (TPSA) is 50.5 Å². The van der Waals surface area contributed by atoms with E-state index in [1.165, 1.54) is 10.5 Å². The third kappa shape index (κ3) is 2.69. The Kier molecular flexibility index (Phi) is 3.93. The molecule has 3 aromatic rings. The molecular weight excluding hydrogens is 344 g/mol. The molecule has 6 heteroatoms. The molecule has 1 fully saturated rings. The van der Waals surface area contributed by atoms with Crippen LogP contribution in [0.5, 0.6) is 0 Å². The minimum absolute atomic E-state index is 0.0151. The summed E-state index contributed by atoms with van der Waals surface area (Å²) < 4.78 is 2.05. The van der Waals surface area contributed by atoms with Crippen LogP contribution in [-0.4, -0.2) is 43.7 Å². The maximum Gasteiger partial charge on any atom is 0.236 e. The number of carbonyl (C=O) groups excluding carboxylic acids is 1. The first-order valence-corrected chi connectivity index (χ1v) is 10.0. The highest BCUT2D eigenvalue weighted by Gasteiger charge is 2.34. The summed E-state index contributed by atoms with van der Waals surface area (Å²) in [7, 11) is 0. The van der Waals surface area contributed by atoms with Gasteiger partial charge >= 0.3 is 0 Å². The van der Waals surface area contributed by atoms with Crippen LogP contribution in [0, 0.1) is 0 Å². The van der Waals surface area contributed by atoms with Crippen molar-refractivity contribution < 1.29 is 4.79 Å². The number of nitrogens with zero attached hydrogens (tertiary/aromatic N) is 4. The van der Waals surface area contributed by atoms with Gasteiger partial charge in [-0.25, -0.2) is 0 Å². The van der Waals surface area contributed by atoms with Gasteiger partial charge in [0.2, 0.25) is 5.91 Å². The van der Waals surface area contributed by atoms with Crippen molar-refractivity contribution in [3.05, 3.63) is 60.0 Å². The zero-order valence-electron chi connectivity index (χ0n) is 14.4. The lowest BCUT2D eigenvalue weighted by Crippen LogP contribution is -2.43. The lowest BCUT2D eigenvalue weighted by Gasteiger charge is -2.33. The zero-order valence-corrected chi connectivity index (χ0v) is 15.2. The maximum absolute atomic E-state index is 13.1. The van der Waals surface area contributed by atoms with Crippen LogP contribution in [0.25, 0.3) is 5.65 Å². The van der Waals surface area contributed by atoms with Crippen molar-refractivity contribution in [2.45, 2.75) is 35.3 Å². The SMILES string of the molecule is O=C(C1Cc2ccccc2S1)N1CCCC(c2nnc3ccccn23)C1. The summed E-state index contributed by atoms with van der Waals surface area (Å²) in [5.74, 6) is 1.49. The predicted octanol–water partition coefficient (Wildman–Crippen LogP) is 3.15. The molecule has 2 aromatic heterocycles. The number of piperidine rings is 1. The zero-order chi connectivity index (χ0) is 17.5. The molecule has 1 saturated heterocycles. The fourth-order valence-electron chi connectivity index (χ4n) is 4.05. The number of thioether (sulfide) groups is 1. The summed E-state index contributed by atoms with van der Waals surface area (Å²) in [6.45, 7) is 1.58. The first-order chi connectivity index (χ1) is 12.8. The summed E-state index contributed by atoms with van der Waals surface area (Å²) in [4.78, 5) is 16.4. The van der Waals surface area contributed by atoms with Crippen LogP contribution in [0.4, 0.5) is 0 Å². The summed E-state index contributed by atoms with van der Waals surface area (Å²) in [6, 6.07) is 14.3. The average Bonchev–Trinajstić information content (AvgIpc) is 3.31. The van der Waals surface area contributed by atoms with E-state index < -0.39 is 0 Å². The number of carbonyl (C=O) groups is 1. The normalized spacial score (nSPS) is 22.5. The van der Waals surface area contributed by atoms with Gasteiger partial charge in [-0.1, -0.05) is 24.3 Å². The molecule has 0 bridgehead atoms. The Bertz CT molecular complexity index is 944. The van der Waals surface area contributed by atoms with Gasteiger partial charge in [-0.15, -0.1) is 22.0 Å². The molecule has 0 N–H and O–H groups in total. The Labute approximate surface area is 156 Å². The van der Waals surface area contributed by atoms with Crippen LogP contribution in [0.1, 0.15) is 30.1 Å². The fourth-order valence-corrected chi connectivity index (χ4v) is 5.33. The highest BCUT2D eigenvalue weighted by molar-refractivity contribution is 8.01. The van der Waals surface area contributed by atoms with Crippen LogP contribution in [0.15, 0.2) is 53.6 Å². The minimum atomic E-state index is 0.0151. The second-order valence-corrected chi connectivity index (χ2v) is 8.27. The number of pyridine rings is 1. The monoisotopic (exact) mass is 364 g/mol. The first-order valence-electron chi connectivity index (χ1n) is 9.12. The van der Waals surface area contributed by atoms with Gasteiger partial charge in [0.05, 0.1) is 5.25 Å². The van der Waals surface area contributed by atoms with Gasteiger partial charge in [0.15, 0.2) is 5.65 Å². The van der Waals surface area contributed by atoms with Crippen molar-refractivity contribution in [1.82, 2.24) is 19.5 Å². The standard InChI is InChI=1S/C20H20N4OS/c25-20(17-12-14-6-1-2-8-16(14)26-17)23-10-5-7-15(13-23)19-22-21-18-9-3-4-11-24(18)19/h1-4,6,8-9,11,15,17H,5,7,10,12-13H2. The smallest absolute Gasteiger partial charge is 0.236 e. The summed E-state index contributed by atoms with van der Waals surface area (Å²) in [6.07, 6.45) is 4.92. The van der Waals surface area contributed by atoms with Gasteiger partial charge in [-0.05, 0) is 43.0 Å². The molecule has 4 heterocycles. The average molecular weight is 364 g/mol. The lowest BCUT2D eigenvalue weighted by atomic mass is 9.96. The molecule has 2 aliphatic heterocycles. The van der Waals surface area contributed by atoms with Crippen molar-refractivity contribution in [3.63, 3.8) is 0 Å². The second-order valence-electron chi connectivity index (χ2n) is 7.03. The molecule has 2 aliphatic rings. The number of amides is 1. The molecule has 0 aliphatic carbocycles. The third-order valence-corrected chi connectivity index (χ3v) is 6.67. The van der Waals surface area contributed by atoms with Gasteiger partial charge in [0, 0.05) is 30.1 Å². The van der Waals surface area contributed by atoms with E-state index in [-0.39, 0.29) is 17.1 Å². The number of hydrogen-bond donors (Lipinski definition) is 0. The molecule has 0 radical (unpaired) electrons. The number of aromatic nitrogens is 3. The molecule has 2 unspecified atom stereocenters. The van der Waals surface area contributed by atoms with Crippen LogP contribution in [-0.2, 0) is 11.2 Å². The Morgan fingerprint density at radius 3 is 2.92 bits per heavy atom. The largest absolute Gasteiger partial charge is 0.341 e. The third-order valence-electron chi connectivity index (χ3n) is 5.36. The maximum atomic E-state index is 13.1. The molecule has 5 nitrogen and oxygen atoms in total. The van der Waals surface area contributed by atoms with E-state index >= 15 is 0 Å². The van der Waals surface area contributed by atoms with Crippen molar-refractivity contribution in [3.8, 4) is 0 Å². The van der Waals surface area contributed by atoms with E-state index in [0.717, 1.165) is 43.8 Å². The number of fused-ring (bicyclic) bond motifs is 2. The lowest BCUT2D eigenvalue weighted by molar-refractivity contribution is -0.131. The molecule has 1 aromatic carbocycles. The number of likely N-dealkylation sites (tertiary alicyclic amines) is 1. The Morgan fingerprint density at radius 1 is 1.12 bits per heavy atom. The Morgan fingerprint density at radius 2 is 2.00 bits per heavy atom. The molecule has 5 rings (SSSR count). The molecule has 0 spiro atoms. The summed E-state index contributed by atoms with van der Waals surface area (Å²) in [5.41, 5.74) is 2.17. The van der Waals surface area contributed by atoms with Crippen molar-refractivity contribution >= 4 is 23.3 Å². The fraction of sp³-hybridized carbons (Fsp3) is 0.350. The van der Waals surface area contributed by atoms with Gasteiger partial charge in [0.25, 0.3) is 0 Å². The highest BCUT2D eigenvalue weighted by atomic mass is 32.2. The van der Waals surface area contributed by atoms with E-state index in [1.54, 1.807) is 11.8 Å². The molecule has 132 valence electrons. The van der Waals surface area contributed by atoms with Crippen molar-refractivity contribution in [1.29, 1.82) is 0 Å². The quantitative estimate of drug-likeness (QED) is 0.701. The van der Waals surface area contributed by atoms with Crippen LogP contribution in [0.2, 0.25) is 0 Å². The van der Waals surface area contributed by atoms with E-state index in [4.69, 9.17) is 0 Å². The van der Waals surface area contributed by atoms with E-state index in [1.807, 2.05) is 35.4 Å². The highest BCUT2D eigenvalue weighted by Crippen LogP contribution is 2.38. The van der Waals surface area contributed by atoms with Gasteiger partial charge in [-0.2, -0.15) is 0 Å². The molecular formula is C20H20N4OS. The molecule has 0 saturated carbocycles. The van der Waals surface area contributed by atoms with Crippen molar-refractivity contribution in [2.24, 2.45) is 0 Å². The Balaban J connectivity index is 1.34. The molecule has 1 amide bonds. The van der Waals surface area contributed by atoms with Gasteiger partial charge in [0.1, 0.15) is 5.82 Å². The summed E-state index contributed by atoms with van der Waals surface area (Å²) >= 11 is 1.71. The van der Waals surface area contributed by atoms with Crippen LogP contribution < -0.4 is 0 Å². The van der Waals surface area contributed by atoms with E-state index in [9.17, 15) is 4.79 Å². The first kappa shape index (κ1) is 15.9. The molecule has 2 atom stereocenters. The van der Waals surface area contributed by atoms with Crippen LogP contribution >= 0.6 is 11.8 Å². The van der Waals surface area contributed by atoms with E-state index in [2.05, 4.69) is 32.8 Å². The predicted molar refractivity (Wildman–Crippen MR) is 101 cm³/mol. The van der Waals surface area contributed by atoms with E-state index in [0.29, 0.717) is 0 Å². The molecule has 26 heavy (non-hydrogen) atoms. The van der Waals surface area contributed by atoms with Crippen molar-refractivity contribution in [2.75, 3.05) is 13.1 Å². The minimum Gasteiger partial charge on any atom is -0.341 e.